The molecule has 15 heavy (non-hydrogen) atoms. The number of hydrogen-bond acceptors (Lipinski definition) is 3. The Kier molecular flexibility index (Phi) is 3.90. The first-order chi connectivity index (χ1) is 6.94. The van der Waals surface area contributed by atoms with Crippen LogP contribution in [0.2, 0.25) is 0 Å². The van der Waals surface area contributed by atoms with Gasteiger partial charge in [-0.3, -0.25) is 4.68 Å². The summed E-state index contributed by atoms with van der Waals surface area (Å²) in [5, 5.41) is 4.30. The Hall–Kier alpha value is -0.840. The van der Waals surface area contributed by atoms with Gasteiger partial charge < -0.3 is 0 Å². The van der Waals surface area contributed by atoms with Gasteiger partial charge in [-0.2, -0.15) is 5.10 Å². The second-order valence-electron chi connectivity index (χ2n) is 3.89. The molecule has 1 aromatic heterocycles. The van der Waals surface area contributed by atoms with Crippen molar-refractivity contribution in [3.63, 3.8) is 0 Å². The second kappa shape index (κ2) is 4.79. The molecule has 0 aliphatic rings. The Bertz CT molecular complexity index is 407. The van der Waals surface area contributed by atoms with Crippen LogP contribution in [0.15, 0.2) is 12.3 Å². The third-order valence-corrected chi connectivity index (χ3v) is 4.01. The second-order valence-corrected chi connectivity index (χ2v) is 6.37. The van der Waals surface area contributed by atoms with Crippen LogP contribution in [0.5, 0.6) is 0 Å². The molecule has 1 aromatic rings. The maximum atomic E-state index is 11.3. The zero-order valence-electron chi connectivity index (χ0n) is 9.47. The maximum absolute atomic E-state index is 11.3. The summed E-state index contributed by atoms with van der Waals surface area (Å²) in [6.07, 6.45) is 1.83. The number of aryl methyl sites for hydroxylation is 1. The number of aromatic nitrogens is 2. The van der Waals surface area contributed by atoms with Gasteiger partial charge in [-0.05, 0) is 12.0 Å². The number of hydrogen-bond donors (Lipinski definition) is 0. The molecule has 0 radical (unpaired) electrons. The topological polar surface area (TPSA) is 52.0 Å². The van der Waals surface area contributed by atoms with E-state index in [2.05, 4.69) is 18.9 Å². The average Bonchev–Trinajstić information content (AvgIpc) is 2.63. The standard InChI is InChI=1S/C10H18N2O2S/c1-4-15(13,14)8-7-12-6-5-10(11-12)9(2)3/h5-6,9H,4,7-8H2,1-3H3. The highest BCUT2D eigenvalue weighted by Crippen LogP contribution is 2.10. The van der Waals surface area contributed by atoms with E-state index in [9.17, 15) is 8.42 Å². The van der Waals surface area contributed by atoms with Crippen molar-refractivity contribution in [1.82, 2.24) is 9.78 Å². The lowest BCUT2D eigenvalue weighted by atomic mass is 10.1. The lowest BCUT2D eigenvalue weighted by Gasteiger charge is -2.02. The van der Waals surface area contributed by atoms with E-state index in [1.54, 1.807) is 11.6 Å². The minimum Gasteiger partial charge on any atom is -0.271 e. The first-order valence-electron chi connectivity index (χ1n) is 5.18. The molecule has 0 saturated carbocycles. The van der Waals surface area contributed by atoms with Gasteiger partial charge in [-0.25, -0.2) is 8.42 Å². The van der Waals surface area contributed by atoms with Crippen LogP contribution in [0.4, 0.5) is 0 Å². The molecule has 0 aromatic carbocycles. The quantitative estimate of drug-likeness (QED) is 0.769. The van der Waals surface area contributed by atoms with Crippen LogP contribution in [0, 0.1) is 0 Å². The molecule has 86 valence electrons. The molecule has 0 spiro atoms. The van der Waals surface area contributed by atoms with Gasteiger partial charge in [-0.1, -0.05) is 20.8 Å². The van der Waals surface area contributed by atoms with Crippen molar-refractivity contribution in [2.75, 3.05) is 11.5 Å². The van der Waals surface area contributed by atoms with Gasteiger partial charge >= 0.3 is 0 Å². The van der Waals surface area contributed by atoms with Crippen LogP contribution >= 0.6 is 0 Å². The monoisotopic (exact) mass is 230 g/mol. The van der Waals surface area contributed by atoms with Gasteiger partial charge in [0, 0.05) is 11.9 Å². The lowest BCUT2D eigenvalue weighted by Crippen LogP contribution is -2.15. The highest BCUT2D eigenvalue weighted by atomic mass is 32.2. The van der Waals surface area contributed by atoms with Crippen molar-refractivity contribution in [3.8, 4) is 0 Å². The van der Waals surface area contributed by atoms with Crippen molar-refractivity contribution in [2.24, 2.45) is 0 Å². The zero-order valence-corrected chi connectivity index (χ0v) is 10.3. The summed E-state index contributed by atoms with van der Waals surface area (Å²) in [7, 11) is -2.89. The zero-order chi connectivity index (χ0) is 11.5. The molecule has 0 amide bonds. The van der Waals surface area contributed by atoms with Crippen molar-refractivity contribution in [3.05, 3.63) is 18.0 Å². The van der Waals surface area contributed by atoms with E-state index in [0.717, 1.165) is 5.69 Å². The van der Waals surface area contributed by atoms with E-state index in [1.807, 2.05) is 12.3 Å². The third kappa shape index (κ3) is 3.66. The van der Waals surface area contributed by atoms with Crippen LogP contribution in [0.3, 0.4) is 0 Å². The van der Waals surface area contributed by atoms with Crippen molar-refractivity contribution in [1.29, 1.82) is 0 Å². The summed E-state index contributed by atoms with van der Waals surface area (Å²) in [5.74, 6) is 0.752. The fourth-order valence-corrected chi connectivity index (χ4v) is 1.94. The van der Waals surface area contributed by atoms with E-state index in [1.165, 1.54) is 0 Å². The Labute approximate surface area is 91.2 Å². The van der Waals surface area contributed by atoms with E-state index in [4.69, 9.17) is 0 Å². The van der Waals surface area contributed by atoms with Gasteiger partial charge in [0.1, 0.15) is 0 Å². The summed E-state index contributed by atoms with van der Waals surface area (Å²) >= 11 is 0. The molecule has 0 saturated heterocycles. The molecule has 0 aliphatic heterocycles. The lowest BCUT2D eigenvalue weighted by molar-refractivity contribution is 0.578. The number of sulfone groups is 1. The van der Waals surface area contributed by atoms with Gasteiger partial charge in [0.25, 0.3) is 0 Å². The highest BCUT2D eigenvalue weighted by Gasteiger charge is 2.08. The summed E-state index contributed by atoms with van der Waals surface area (Å²) in [4.78, 5) is 0. The number of rotatable bonds is 5. The van der Waals surface area contributed by atoms with Gasteiger partial charge in [0.05, 0.1) is 18.0 Å². The van der Waals surface area contributed by atoms with Gasteiger partial charge in [-0.15, -0.1) is 0 Å². The maximum Gasteiger partial charge on any atom is 0.151 e. The summed E-state index contributed by atoms with van der Waals surface area (Å²) in [6.45, 7) is 6.24. The van der Waals surface area contributed by atoms with Crippen molar-refractivity contribution in [2.45, 2.75) is 33.2 Å². The fourth-order valence-electron chi connectivity index (χ4n) is 1.19. The summed E-state index contributed by atoms with van der Waals surface area (Å²) < 4.78 is 24.2. The summed E-state index contributed by atoms with van der Waals surface area (Å²) in [6, 6.07) is 1.93. The van der Waals surface area contributed by atoms with Crippen molar-refractivity contribution >= 4 is 9.84 Å². The van der Waals surface area contributed by atoms with E-state index in [0.29, 0.717) is 12.5 Å². The van der Waals surface area contributed by atoms with Gasteiger partial charge in [0.15, 0.2) is 9.84 Å². The molecule has 1 heterocycles. The largest absolute Gasteiger partial charge is 0.271 e. The average molecular weight is 230 g/mol. The molecule has 0 unspecified atom stereocenters. The first kappa shape index (κ1) is 12.2. The van der Waals surface area contributed by atoms with Crippen LogP contribution < -0.4 is 0 Å². The molecular formula is C10H18N2O2S. The molecule has 0 atom stereocenters. The minimum atomic E-state index is -2.89. The Morgan fingerprint density at radius 1 is 1.47 bits per heavy atom. The van der Waals surface area contributed by atoms with Crippen LogP contribution in [-0.2, 0) is 16.4 Å². The molecule has 0 bridgehead atoms. The summed E-state index contributed by atoms with van der Waals surface area (Å²) in [5.41, 5.74) is 1.00. The molecule has 0 aliphatic carbocycles. The third-order valence-electron chi connectivity index (χ3n) is 2.32. The van der Waals surface area contributed by atoms with E-state index < -0.39 is 9.84 Å². The SMILES string of the molecule is CCS(=O)(=O)CCn1ccc(C(C)C)n1. The van der Waals surface area contributed by atoms with Crippen LogP contribution in [0.1, 0.15) is 32.4 Å². The molecule has 1 rings (SSSR count). The minimum absolute atomic E-state index is 0.169. The predicted molar refractivity (Wildman–Crippen MR) is 60.6 cm³/mol. The molecule has 0 N–H and O–H groups in total. The molecule has 0 fully saturated rings. The molecular weight excluding hydrogens is 212 g/mol. The fraction of sp³-hybridized carbons (Fsp3) is 0.700. The Morgan fingerprint density at radius 3 is 2.60 bits per heavy atom. The van der Waals surface area contributed by atoms with Crippen molar-refractivity contribution < 1.29 is 8.42 Å². The predicted octanol–water partition coefficient (Wildman–Crippen LogP) is 1.44. The highest BCUT2D eigenvalue weighted by molar-refractivity contribution is 7.91. The van der Waals surface area contributed by atoms with E-state index in [-0.39, 0.29) is 11.5 Å². The molecule has 4 nitrogen and oxygen atoms in total. The number of nitrogens with zero attached hydrogens (tertiary/aromatic N) is 2. The normalized spacial score (nSPS) is 12.3. The molecule has 5 heteroatoms. The van der Waals surface area contributed by atoms with Gasteiger partial charge in [0.2, 0.25) is 0 Å². The first-order valence-corrected chi connectivity index (χ1v) is 7.00. The van der Waals surface area contributed by atoms with E-state index >= 15 is 0 Å². The Balaban J connectivity index is 2.59. The smallest absolute Gasteiger partial charge is 0.151 e. The Morgan fingerprint density at radius 2 is 2.13 bits per heavy atom. The van der Waals surface area contributed by atoms with Crippen LogP contribution in [-0.4, -0.2) is 29.7 Å². The van der Waals surface area contributed by atoms with Crippen LogP contribution in [0.25, 0.3) is 0 Å².